The Morgan fingerprint density at radius 3 is 2.67 bits per heavy atom. The van der Waals surface area contributed by atoms with Gasteiger partial charge in [0.1, 0.15) is 0 Å². The number of aryl methyl sites for hydroxylation is 1. The Bertz CT molecular complexity index is 559. The fraction of sp³-hybridized carbons (Fsp3) is 0.611. The van der Waals surface area contributed by atoms with Crippen LogP contribution in [-0.4, -0.2) is 24.5 Å². The quantitative estimate of drug-likeness (QED) is 0.906. The van der Waals surface area contributed by atoms with Crippen LogP contribution in [-0.2, 0) is 17.6 Å². The highest BCUT2D eigenvalue weighted by Crippen LogP contribution is 2.43. The molecule has 0 saturated heterocycles. The summed E-state index contributed by atoms with van der Waals surface area (Å²) >= 11 is 0. The fourth-order valence-corrected chi connectivity index (χ4v) is 3.76. The number of amides is 1. The molecule has 0 spiro atoms. The molecule has 0 aliphatic carbocycles. The van der Waals surface area contributed by atoms with Crippen molar-refractivity contribution in [2.45, 2.75) is 59.0 Å². The van der Waals surface area contributed by atoms with E-state index in [9.17, 15) is 4.79 Å². The number of carbonyl (C=O) groups is 1. The Morgan fingerprint density at radius 2 is 2.00 bits per heavy atom. The SMILES string of the molecule is CCNC1CCc2cccc3c2N(C1=O)C(C(C)(C)C)C3. The van der Waals surface area contributed by atoms with Crippen LogP contribution >= 0.6 is 0 Å². The Labute approximate surface area is 127 Å². The first kappa shape index (κ1) is 14.6. The number of nitrogens with one attached hydrogen (secondary N) is 1. The lowest BCUT2D eigenvalue weighted by atomic mass is 9.84. The Morgan fingerprint density at radius 1 is 1.29 bits per heavy atom. The Balaban J connectivity index is 2.08. The summed E-state index contributed by atoms with van der Waals surface area (Å²) in [6, 6.07) is 6.76. The van der Waals surface area contributed by atoms with Crippen LogP contribution < -0.4 is 10.2 Å². The smallest absolute Gasteiger partial charge is 0.244 e. The van der Waals surface area contributed by atoms with Gasteiger partial charge in [-0.05, 0) is 42.3 Å². The van der Waals surface area contributed by atoms with Gasteiger partial charge in [-0.25, -0.2) is 0 Å². The molecule has 2 aliphatic heterocycles. The maximum Gasteiger partial charge on any atom is 0.244 e. The number of carbonyl (C=O) groups excluding carboxylic acids is 1. The van der Waals surface area contributed by atoms with Gasteiger partial charge in [0, 0.05) is 6.04 Å². The van der Waals surface area contributed by atoms with Gasteiger partial charge in [-0.3, -0.25) is 4.79 Å². The van der Waals surface area contributed by atoms with Crippen LogP contribution in [0.3, 0.4) is 0 Å². The highest BCUT2D eigenvalue weighted by molar-refractivity contribution is 6.01. The van der Waals surface area contributed by atoms with Gasteiger partial charge in [-0.15, -0.1) is 0 Å². The van der Waals surface area contributed by atoms with Crippen LogP contribution in [0.5, 0.6) is 0 Å². The number of nitrogens with zero attached hydrogens (tertiary/aromatic N) is 1. The van der Waals surface area contributed by atoms with Crippen molar-refractivity contribution in [3.05, 3.63) is 29.3 Å². The van der Waals surface area contributed by atoms with Crippen molar-refractivity contribution in [1.29, 1.82) is 0 Å². The minimum Gasteiger partial charge on any atom is -0.307 e. The molecule has 2 heterocycles. The van der Waals surface area contributed by atoms with Crippen LogP contribution in [0.15, 0.2) is 18.2 Å². The van der Waals surface area contributed by atoms with Crippen molar-refractivity contribution in [3.8, 4) is 0 Å². The maximum atomic E-state index is 13.1. The van der Waals surface area contributed by atoms with Crippen molar-refractivity contribution in [2.75, 3.05) is 11.4 Å². The number of hydrogen-bond donors (Lipinski definition) is 1. The van der Waals surface area contributed by atoms with E-state index in [0.717, 1.165) is 25.8 Å². The molecule has 3 rings (SSSR count). The number of hydrogen-bond acceptors (Lipinski definition) is 2. The van der Waals surface area contributed by atoms with Crippen LogP contribution in [0, 0.1) is 5.41 Å². The molecule has 3 heteroatoms. The van der Waals surface area contributed by atoms with Gasteiger partial charge in [0.05, 0.1) is 11.7 Å². The number of anilines is 1. The van der Waals surface area contributed by atoms with E-state index in [-0.39, 0.29) is 23.4 Å². The van der Waals surface area contributed by atoms with E-state index in [4.69, 9.17) is 0 Å². The molecule has 21 heavy (non-hydrogen) atoms. The summed E-state index contributed by atoms with van der Waals surface area (Å²) in [6.45, 7) is 9.63. The first-order valence-electron chi connectivity index (χ1n) is 8.10. The van der Waals surface area contributed by atoms with Gasteiger partial charge in [-0.2, -0.15) is 0 Å². The normalized spacial score (nSPS) is 25.0. The largest absolute Gasteiger partial charge is 0.307 e. The predicted octanol–water partition coefficient (Wildman–Crippen LogP) is 2.91. The third-order valence-electron chi connectivity index (χ3n) is 4.86. The van der Waals surface area contributed by atoms with E-state index in [1.54, 1.807) is 0 Å². The van der Waals surface area contributed by atoms with Gasteiger partial charge < -0.3 is 10.2 Å². The summed E-state index contributed by atoms with van der Waals surface area (Å²) < 4.78 is 0. The summed E-state index contributed by atoms with van der Waals surface area (Å²) in [7, 11) is 0. The molecule has 0 aromatic heterocycles. The molecule has 2 atom stereocenters. The number of rotatable bonds is 2. The van der Waals surface area contributed by atoms with Gasteiger partial charge in [-0.1, -0.05) is 45.9 Å². The highest BCUT2D eigenvalue weighted by atomic mass is 16.2. The first-order chi connectivity index (χ1) is 9.93. The lowest BCUT2D eigenvalue weighted by Crippen LogP contribution is -2.52. The number of likely N-dealkylation sites (N-methyl/N-ethyl adjacent to an activating group) is 1. The monoisotopic (exact) mass is 286 g/mol. The molecule has 0 radical (unpaired) electrons. The number of benzene rings is 1. The van der Waals surface area contributed by atoms with Crippen molar-refractivity contribution in [2.24, 2.45) is 5.41 Å². The molecule has 3 nitrogen and oxygen atoms in total. The van der Waals surface area contributed by atoms with Crippen LogP contribution in [0.25, 0.3) is 0 Å². The maximum absolute atomic E-state index is 13.1. The van der Waals surface area contributed by atoms with Crippen molar-refractivity contribution in [1.82, 2.24) is 5.32 Å². The van der Waals surface area contributed by atoms with Crippen LogP contribution in [0.2, 0.25) is 0 Å². The van der Waals surface area contributed by atoms with E-state index in [0.29, 0.717) is 0 Å². The lowest BCUT2D eigenvalue weighted by molar-refractivity contribution is -0.121. The molecule has 0 bridgehead atoms. The molecule has 2 unspecified atom stereocenters. The highest BCUT2D eigenvalue weighted by Gasteiger charge is 2.44. The Hall–Kier alpha value is -1.35. The molecule has 1 amide bonds. The van der Waals surface area contributed by atoms with E-state index >= 15 is 0 Å². The second kappa shape index (κ2) is 5.13. The van der Waals surface area contributed by atoms with E-state index in [1.807, 2.05) is 0 Å². The van der Waals surface area contributed by atoms with Gasteiger partial charge in [0.2, 0.25) is 5.91 Å². The Kier molecular flexibility index (Phi) is 3.56. The van der Waals surface area contributed by atoms with Gasteiger partial charge in [0.15, 0.2) is 0 Å². The molecule has 1 N–H and O–H groups in total. The van der Waals surface area contributed by atoms with E-state index in [1.165, 1.54) is 16.8 Å². The summed E-state index contributed by atoms with van der Waals surface area (Å²) in [4.78, 5) is 15.2. The van der Waals surface area contributed by atoms with Crippen molar-refractivity contribution >= 4 is 11.6 Å². The fourth-order valence-electron chi connectivity index (χ4n) is 3.76. The van der Waals surface area contributed by atoms with E-state index < -0.39 is 0 Å². The van der Waals surface area contributed by atoms with Crippen LogP contribution in [0.4, 0.5) is 5.69 Å². The van der Waals surface area contributed by atoms with Gasteiger partial charge in [0.25, 0.3) is 0 Å². The minimum atomic E-state index is -0.0433. The molecule has 0 fully saturated rings. The minimum absolute atomic E-state index is 0.0433. The average Bonchev–Trinajstić information content (AvgIpc) is 2.76. The third-order valence-corrected chi connectivity index (χ3v) is 4.86. The zero-order valence-electron chi connectivity index (χ0n) is 13.6. The summed E-state index contributed by atoms with van der Waals surface area (Å²) in [5.74, 6) is 0.264. The summed E-state index contributed by atoms with van der Waals surface area (Å²) in [6.07, 6.45) is 2.87. The standard InChI is InChI=1S/C18H26N2O/c1-5-19-14-10-9-12-7-6-8-13-11-15(18(2,3)4)20(16(12)13)17(14)21/h6-8,14-15,19H,5,9-11H2,1-4H3. The molecule has 1 aromatic rings. The molecule has 0 saturated carbocycles. The first-order valence-corrected chi connectivity index (χ1v) is 8.10. The molecular weight excluding hydrogens is 260 g/mol. The van der Waals surface area contributed by atoms with Crippen LogP contribution in [0.1, 0.15) is 45.2 Å². The third kappa shape index (κ3) is 2.38. The summed E-state index contributed by atoms with van der Waals surface area (Å²) in [5.41, 5.74) is 3.99. The molecule has 2 aliphatic rings. The summed E-state index contributed by atoms with van der Waals surface area (Å²) in [5, 5.41) is 3.38. The predicted molar refractivity (Wildman–Crippen MR) is 86.7 cm³/mol. The second-order valence-electron chi connectivity index (χ2n) is 7.37. The van der Waals surface area contributed by atoms with Crippen molar-refractivity contribution in [3.63, 3.8) is 0 Å². The zero-order valence-corrected chi connectivity index (χ0v) is 13.6. The molecule has 114 valence electrons. The van der Waals surface area contributed by atoms with Crippen molar-refractivity contribution < 1.29 is 4.79 Å². The average molecular weight is 286 g/mol. The topological polar surface area (TPSA) is 32.3 Å². The zero-order chi connectivity index (χ0) is 15.2. The van der Waals surface area contributed by atoms with E-state index in [2.05, 4.69) is 56.1 Å². The molecule has 1 aromatic carbocycles. The lowest BCUT2D eigenvalue weighted by Gasteiger charge is -2.36. The molecular formula is C18H26N2O. The van der Waals surface area contributed by atoms with Gasteiger partial charge >= 0.3 is 0 Å². The second-order valence-corrected chi connectivity index (χ2v) is 7.37. The number of para-hydroxylation sites is 1.